The van der Waals surface area contributed by atoms with Gasteiger partial charge in [0.2, 0.25) is 0 Å². The summed E-state index contributed by atoms with van der Waals surface area (Å²) in [5.41, 5.74) is 0. The van der Waals surface area contributed by atoms with Crippen molar-refractivity contribution in [3.8, 4) is 0 Å². The van der Waals surface area contributed by atoms with Gasteiger partial charge in [0.15, 0.2) is 17.2 Å². The molecule has 21 heteroatoms. The number of ether oxygens (including phenoxy) is 4. The number of hydrogen-bond donors (Lipinski definition) is 13. The van der Waals surface area contributed by atoms with Gasteiger partial charge in [0.1, 0.15) is 24.2 Å². The molecule has 3 aliphatic heterocycles. The largest absolute Gasteiger partial charge is 0.481 e. The molecule has 0 aliphatic carbocycles. The Morgan fingerprint density at radius 2 is 1.35 bits per heavy atom. The molecule has 0 aromatic heterocycles. The molecule has 13 N–H and O–H groups in total. The Morgan fingerprint density at radius 1 is 0.747 bits per heavy atom. The van der Waals surface area contributed by atoms with Crippen LogP contribution in [0.2, 0.25) is 0 Å². The summed E-state index contributed by atoms with van der Waals surface area (Å²) >= 11 is 5.51. The van der Waals surface area contributed by atoms with Crippen molar-refractivity contribution in [2.24, 2.45) is 17.8 Å². The number of likely N-dealkylation sites (N-methyl/N-ethyl adjacent to an activating group) is 1. The zero-order chi connectivity index (χ0) is 55.8. The van der Waals surface area contributed by atoms with Crippen molar-refractivity contribution in [2.45, 2.75) is 203 Å². The Balaban J connectivity index is 1.89. The molecule has 428 valence electrons. The van der Waals surface area contributed by atoms with Gasteiger partial charge in [0.25, 0.3) is 0 Å². The third-order valence-corrected chi connectivity index (χ3v) is 14.4. The molecule has 0 aromatic rings. The Morgan fingerprint density at radius 3 is 2.00 bits per heavy atom. The summed E-state index contributed by atoms with van der Waals surface area (Å²) in [7, 11) is 0. The van der Waals surface area contributed by atoms with Crippen LogP contribution in [-0.2, 0) is 28.5 Å². The minimum Gasteiger partial charge on any atom is -0.481 e. The van der Waals surface area contributed by atoms with E-state index in [1.54, 1.807) is 51.2 Å². The van der Waals surface area contributed by atoms with E-state index in [0.29, 0.717) is 13.1 Å². The predicted octanol–water partition coefficient (Wildman–Crippen LogP) is 1.78. The maximum absolute atomic E-state index is 12.7. The number of aliphatic carboxylic acids is 1. The molecule has 2 bridgehead atoms. The first-order valence-corrected chi connectivity index (χ1v) is 26.9. The molecular formula is C54H89N3O17S. The van der Waals surface area contributed by atoms with Gasteiger partial charge in [0.05, 0.1) is 73.5 Å². The normalized spacial score (nSPS) is 40.7. The zero-order valence-electron chi connectivity index (χ0n) is 44.4. The lowest BCUT2D eigenvalue weighted by Gasteiger charge is -2.45. The third kappa shape index (κ3) is 23.2. The van der Waals surface area contributed by atoms with Gasteiger partial charge in [-0.05, 0) is 77.7 Å². The molecule has 19 atom stereocenters. The number of nitrogens with one attached hydrogen (secondary N) is 2. The van der Waals surface area contributed by atoms with E-state index in [-0.39, 0.29) is 43.1 Å². The van der Waals surface area contributed by atoms with Gasteiger partial charge in [-0.25, -0.2) is 0 Å². The van der Waals surface area contributed by atoms with Crippen LogP contribution in [0.1, 0.15) is 106 Å². The number of aliphatic hydroxyl groups is 10. The highest BCUT2D eigenvalue weighted by molar-refractivity contribution is 7.80. The van der Waals surface area contributed by atoms with Crippen LogP contribution in [-0.4, -0.2) is 202 Å². The SMILES string of the molecule is CCN(CC)CCNC(=S)N[C@@H]1[C@H](O)[C@@H](O[C@H]2/C=C/C=C/C=C/C=C/CC/C=C/C=C/[C@H](C)[C@@H](O)[C@@H](C)[C@H](C)OC(=O)C[C@H](O)C[C@H](O)C[C@H](O)CC[C@@H](O)[C@H](O)C[C@]3(O)C[C@H](O)[C@@H](C(=O)O)[C@H](C2)O3)O[C@H](C)[C@H]1O. The summed E-state index contributed by atoms with van der Waals surface area (Å²) in [6.45, 7) is 13.8. The fourth-order valence-corrected chi connectivity index (χ4v) is 9.56. The van der Waals surface area contributed by atoms with Gasteiger partial charge in [-0.3, -0.25) is 9.59 Å². The van der Waals surface area contributed by atoms with Crippen LogP contribution in [0.4, 0.5) is 0 Å². The number of rotatable bonds is 9. The average molecular weight is 1080 g/mol. The van der Waals surface area contributed by atoms with E-state index in [4.69, 9.17) is 31.2 Å². The molecule has 0 amide bonds. The van der Waals surface area contributed by atoms with Gasteiger partial charge in [-0.1, -0.05) is 101 Å². The fourth-order valence-electron chi connectivity index (χ4n) is 9.32. The zero-order valence-corrected chi connectivity index (χ0v) is 45.3. The number of allylic oxidation sites excluding steroid dienone is 10. The van der Waals surface area contributed by atoms with Gasteiger partial charge >= 0.3 is 11.9 Å². The number of carbonyl (C=O) groups is 2. The lowest BCUT2D eigenvalue weighted by Crippen LogP contribution is -2.65. The van der Waals surface area contributed by atoms with E-state index in [1.807, 2.05) is 63.3 Å². The van der Waals surface area contributed by atoms with Gasteiger partial charge in [0, 0.05) is 44.2 Å². The number of esters is 1. The average Bonchev–Trinajstić information content (AvgIpc) is 3.33. The Hall–Kier alpha value is -3.49. The summed E-state index contributed by atoms with van der Waals surface area (Å²) < 4.78 is 23.8. The number of carbonyl (C=O) groups excluding carboxylic acids is 1. The molecule has 3 heterocycles. The maximum Gasteiger partial charge on any atom is 0.311 e. The summed E-state index contributed by atoms with van der Waals surface area (Å²) in [6, 6.07) is -1.07. The number of nitrogens with zero attached hydrogens (tertiary/aromatic N) is 1. The van der Waals surface area contributed by atoms with Crippen molar-refractivity contribution >= 4 is 29.3 Å². The molecule has 20 nitrogen and oxygen atoms in total. The smallest absolute Gasteiger partial charge is 0.311 e. The van der Waals surface area contributed by atoms with Crippen LogP contribution in [0.15, 0.2) is 72.9 Å². The van der Waals surface area contributed by atoms with Crippen LogP contribution in [0.25, 0.3) is 0 Å². The van der Waals surface area contributed by atoms with E-state index in [0.717, 1.165) is 25.9 Å². The summed E-state index contributed by atoms with van der Waals surface area (Å²) in [6.07, 6.45) is 1.99. The molecule has 75 heavy (non-hydrogen) atoms. The molecule has 0 spiro atoms. The highest BCUT2D eigenvalue weighted by Crippen LogP contribution is 2.38. The molecule has 2 fully saturated rings. The second-order valence-electron chi connectivity index (χ2n) is 20.2. The molecule has 2 saturated heterocycles. The van der Waals surface area contributed by atoms with Crippen molar-refractivity contribution in [1.29, 1.82) is 0 Å². The first kappa shape index (κ1) is 65.8. The highest BCUT2D eigenvalue weighted by atomic mass is 32.1. The Kier molecular flexibility index (Phi) is 29.6. The lowest BCUT2D eigenvalue weighted by atomic mass is 9.82. The van der Waals surface area contributed by atoms with Gasteiger partial charge in [-0.2, -0.15) is 0 Å². The topological polar surface area (TPSA) is 321 Å². The number of carboxylic acid groups (broad SMARTS) is 1. The number of hydrogen-bond acceptors (Lipinski definition) is 18. The molecule has 3 aliphatic rings. The van der Waals surface area contributed by atoms with Crippen molar-refractivity contribution in [1.82, 2.24) is 15.5 Å². The van der Waals surface area contributed by atoms with Gasteiger partial charge < -0.3 is 90.7 Å². The lowest BCUT2D eigenvalue weighted by molar-refractivity contribution is -0.310. The van der Waals surface area contributed by atoms with E-state index >= 15 is 0 Å². The minimum atomic E-state index is -2.38. The number of carboxylic acids is 1. The van der Waals surface area contributed by atoms with Crippen molar-refractivity contribution < 1.29 is 84.7 Å². The fraction of sp³-hybridized carbons (Fsp3) is 0.722. The molecule has 3 rings (SSSR count). The standard InChI is InChI=1S/C54H89N3O17S/c1-7-57(8-2)26-25-55-53(75)56-47-49(66)36(6)72-52(50(47)67)73-40-22-20-18-16-14-12-10-9-11-13-15-17-19-21-33(3)48(65)34(4)35(5)71-45(64)29-39(60)28-38(59)27-37(58)23-24-41(61)42(62)31-54(70)32-43(63)46(51(68)69)44(30-40)74-54/h9-10,12,14-22,33-44,46-50,52,58-63,65-67,70H,7-8,11,13,23-32H2,1-6H3,(H,68,69)(H2,55,56,75)/b10-9+,14-12+,17-15+,18-16+,21-19+,22-20+/t33-,34-,35-,36+,37+,38+,39+,40-,41+,42+,43-,44-,46+,47-,48+,49+,50-,52+,54+/m0/s1. The molecule has 0 aromatic carbocycles. The summed E-state index contributed by atoms with van der Waals surface area (Å²) in [5.74, 6) is -6.90. The second kappa shape index (κ2) is 33.7. The van der Waals surface area contributed by atoms with E-state index in [9.17, 15) is 65.8 Å². The van der Waals surface area contributed by atoms with Crippen LogP contribution in [0.3, 0.4) is 0 Å². The summed E-state index contributed by atoms with van der Waals surface area (Å²) in [5, 5.41) is 127. The first-order chi connectivity index (χ1) is 35.5. The number of fused-ring (bicyclic) bond motifs is 2. The number of aliphatic hydroxyl groups excluding tert-OH is 9. The van der Waals surface area contributed by atoms with E-state index in [2.05, 4.69) is 15.5 Å². The van der Waals surface area contributed by atoms with Crippen molar-refractivity contribution in [2.75, 3.05) is 26.2 Å². The van der Waals surface area contributed by atoms with Crippen molar-refractivity contribution in [3.63, 3.8) is 0 Å². The van der Waals surface area contributed by atoms with E-state index < -0.39 is 141 Å². The van der Waals surface area contributed by atoms with Crippen molar-refractivity contribution in [3.05, 3.63) is 72.9 Å². The monoisotopic (exact) mass is 1080 g/mol. The van der Waals surface area contributed by atoms with Gasteiger partial charge in [-0.15, -0.1) is 0 Å². The second-order valence-corrected chi connectivity index (χ2v) is 20.6. The Labute approximate surface area is 448 Å². The highest BCUT2D eigenvalue weighted by Gasteiger charge is 2.51. The quantitative estimate of drug-likeness (QED) is 0.116. The van der Waals surface area contributed by atoms with Crippen LogP contribution >= 0.6 is 12.2 Å². The Bertz CT molecular complexity index is 1880. The van der Waals surface area contributed by atoms with Crippen LogP contribution in [0, 0.1) is 17.8 Å². The molecule has 0 unspecified atom stereocenters. The first-order valence-electron chi connectivity index (χ1n) is 26.5. The molecular weight excluding hydrogens is 995 g/mol. The van der Waals surface area contributed by atoms with Crippen LogP contribution in [0.5, 0.6) is 0 Å². The maximum atomic E-state index is 12.7. The third-order valence-electron chi connectivity index (χ3n) is 14.1. The van der Waals surface area contributed by atoms with E-state index in [1.165, 1.54) is 0 Å². The molecule has 0 radical (unpaired) electrons. The van der Waals surface area contributed by atoms with Crippen LogP contribution < -0.4 is 10.6 Å². The predicted molar refractivity (Wildman–Crippen MR) is 284 cm³/mol. The minimum absolute atomic E-state index is 0.146. The molecule has 0 saturated carbocycles. The number of thiocarbonyl (C=S) groups is 1. The number of cyclic esters (lactones) is 1. The summed E-state index contributed by atoms with van der Waals surface area (Å²) in [4.78, 5) is 27.6.